The van der Waals surface area contributed by atoms with Crippen LogP contribution in [0.25, 0.3) is 10.9 Å². The van der Waals surface area contributed by atoms with Crippen molar-refractivity contribution in [3.8, 4) is 5.88 Å². The number of halogens is 1. The Hall–Kier alpha value is -3.38. The molecule has 0 atom stereocenters. The Morgan fingerprint density at radius 1 is 1.14 bits per heavy atom. The van der Waals surface area contributed by atoms with E-state index in [0.29, 0.717) is 28.2 Å². The van der Waals surface area contributed by atoms with Gasteiger partial charge >= 0.3 is 0 Å². The molecule has 2 aromatic carbocycles. The van der Waals surface area contributed by atoms with E-state index in [9.17, 15) is 14.7 Å². The van der Waals surface area contributed by atoms with Crippen molar-refractivity contribution in [2.75, 3.05) is 0 Å². The molecule has 2 aromatic heterocycles. The van der Waals surface area contributed by atoms with E-state index in [0.717, 1.165) is 10.1 Å². The van der Waals surface area contributed by atoms with Crippen molar-refractivity contribution in [2.24, 2.45) is 0 Å². The average Bonchev–Trinajstić information content (AvgIpc) is 3.23. The van der Waals surface area contributed by atoms with E-state index >= 15 is 0 Å². The van der Waals surface area contributed by atoms with E-state index in [-0.39, 0.29) is 5.56 Å². The van der Waals surface area contributed by atoms with E-state index in [1.54, 1.807) is 29.1 Å². The van der Waals surface area contributed by atoms with Crippen molar-refractivity contribution in [3.63, 3.8) is 0 Å². The lowest BCUT2D eigenvalue weighted by atomic mass is 10.1. The highest BCUT2D eigenvalue weighted by molar-refractivity contribution is 6.31. The van der Waals surface area contributed by atoms with Gasteiger partial charge in [-0.15, -0.1) is 0 Å². The minimum Gasteiger partial charge on any atom is -0.494 e. The lowest BCUT2D eigenvalue weighted by Crippen LogP contribution is -2.11. The van der Waals surface area contributed by atoms with Crippen LogP contribution in [0.5, 0.6) is 5.88 Å². The normalized spacial score (nSPS) is 11.1. The van der Waals surface area contributed by atoms with Crippen molar-refractivity contribution in [3.05, 3.63) is 82.9 Å². The number of ketones is 1. The van der Waals surface area contributed by atoms with Crippen molar-refractivity contribution in [2.45, 2.75) is 13.5 Å². The van der Waals surface area contributed by atoms with Crippen LogP contribution in [0.2, 0.25) is 5.02 Å². The molecule has 4 rings (SSSR count). The summed E-state index contributed by atoms with van der Waals surface area (Å²) in [5, 5.41) is 11.5. The van der Waals surface area contributed by atoms with Gasteiger partial charge in [0.2, 0.25) is 17.6 Å². The second-order valence-corrected chi connectivity index (χ2v) is 6.87. The summed E-state index contributed by atoms with van der Waals surface area (Å²) < 4.78 is 2.80. The molecule has 0 amide bonds. The van der Waals surface area contributed by atoms with Crippen LogP contribution in [0, 0.1) is 0 Å². The fourth-order valence-corrected chi connectivity index (χ4v) is 3.50. The summed E-state index contributed by atoms with van der Waals surface area (Å²) in [5.41, 5.74) is 1.76. The van der Waals surface area contributed by atoms with Crippen LogP contribution in [0.3, 0.4) is 0 Å². The van der Waals surface area contributed by atoms with Crippen LogP contribution in [0.4, 0.5) is 0 Å². The molecular formula is C21H16ClN3O3. The van der Waals surface area contributed by atoms with Gasteiger partial charge in [-0.3, -0.25) is 9.59 Å². The molecule has 4 aromatic rings. The largest absolute Gasteiger partial charge is 0.494 e. The Morgan fingerprint density at radius 2 is 1.89 bits per heavy atom. The number of aromatic nitrogens is 3. The van der Waals surface area contributed by atoms with E-state index in [1.165, 1.54) is 13.1 Å². The quantitative estimate of drug-likeness (QED) is 0.529. The predicted molar refractivity (Wildman–Crippen MR) is 106 cm³/mol. The summed E-state index contributed by atoms with van der Waals surface area (Å²) in [5.74, 6) is -1.23. The highest BCUT2D eigenvalue weighted by Gasteiger charge is 2.27. The van der Waals surface area contributed by atoms with Crippen LogP contribution < -0.4 is 0 Å². The van der Waals surface area contributed by atoms with Crippen LogP contribution >= 0.6 is 11.6 Å². The first-order valence-corrected chi connectivity index (χ1v) is 8.97. The number of fused-ring (bicyclic) bond motifs is 1. The summed E-state index contributed by atoms with van der Waals surface area (Å²) in [6.45, 7) is 1.77. The van der Waals surface area contributed by atoms with Gasteiger partial charge in [0.1, 0.15) is 5.69 Å². The Morgan fingerprint density at radius 3 is 2.61 bits per heavy atom. The van der Waals surface area contributed by atoms with Gasteiger partial charge in [-0.25, -0.2) is 9.55 Å². The summed E-state index contributed by atoms with van der Waals surface area (Å²) in [6.07, 6.45) is 3.02. The Kier molecular flexibility index (Phi) is 4.49. The summed E-state index contributed by atoms with van der Waals surface area (Å²) in [6, 6.07) is 14.5. The zero-order valence-electron chi connectivity index (χ0n) is 15.0. The maximum Gasteiger partial charge on any atom is 0.230 e. The number of nitrogens with zero attached hydrogens (tertiary/aromatic N) is 3. The molecule has 0 radical (unpaired) electrons. The van der Waals surface area contributed by atoms with Gasteiger partial charge < -0.3 is 9.67 Å². The number of aromatic hydroxyl groups is 1. The standard InChI is InChI=1S/C21H16ClN3O3/c1-13(26)25-17-9-15(22)7-8-16(17)19(21(25)28)20(27)18-10-23-12-24(18)11-14-5-3-2-4-6-14/h2-10,12,28H,11H2,1H3. The maximum absolute atomic E-state index is 13.3. The first kappa shape index (κ1) is 18.0. The molecule has 2 heterocycles. The molecule has 140 valence electrons. The third-order valence-electron chi connectivity index (χ3n) is 4.59. The molecule has 28 heavy (non-hydrogen) atoms. The van der Waals surface area contributed by atoms with Gasteiger partial charge in [-0.2, -0.15) is 0 Å². The molecule has 6 nitrogen and oxygen atoms in total. The maximum atomic E-state index is 13.3. The van der Waals surface area contributed by atoms with Gasteiger partial charge in [0.05, 0.1) is 23.6 Å². The lowest BCUT2D eigenvalue weighted by molar-refractivity contribution is 0.0933. The second-order valence-electron chi connectivity index (χ2n) is 6.44. The fraction of sp³-hybridized carbons (Fsp3) is 0.0952. The van der Waals surface area contributed by atoms with Gasteiger partial charge in [-0.1, -0.05) is 48.0 Å². The molecule has 0 spiro atoms. The molecule has 0 aliphatic rings. The fourth-order valence-electron chi connectivity index (χ4n) is 3.33. The molecule has 0 aliphatic carbocycles. The molecule has 0 unspecified atom stereocenters. The van der Waals surface area contributed by atoms with Crippen molar-refractivity contribution >= 4 is 34.2 Å². The van der Waals surface area contributed by atoms with E-state index < -0.39 is 17.6 Å². The summed E-state index contributed by atoms with van der Waals surface area (Å²) in [4.78, 5) is 29.4. The number of carbonyl (C=O) groups excluding carboxylic acids is 2. The first-order valence-electron chi connectivity index (χ1n) is 8.60. The zero-order valence-corrected chi connectivity index (χ0v) is 15.7. The third kappa shape index (κ3) is 2.97. The van der Waals surface area contributed by atoms with E-state index in [2.05, 4.69) is 4.98 Å². The lowest BCUT2D eigenvalue weighted by Gasteiger charge is -2.08. The molecule has 0 aliphatic heterocycles. The predicted octanol–water partition coefficient (Wildman–Crippen LogP) is 4.14. The van der Waals surface area contributed by atoms with Gasteiger partial charge in [0.15, 0.2) is 0 Å². The number of hydrogen-bond donors (Lipinski definition) is 1. The molecule has 0 saturated carbocycles. The van der Waals surface area contributed by atoms with E-state index in [1.807, 2.05) is 30.3 Å². The molecule has 0 bridgehead atoms. The third-order valence-corrected chi connectivity index (χ3v) is 4.82. The minimum absolute atomic E-state index is 0.0525. The zero-order chi connectivity index (χ0) is 19.8. The molecule has 0 fully saturated rings. The number of carbonyl (C=O) groups is 2. The second kappa shape index (κ2) is 6.98. The number of imidazole rings is 1. The van der Waals surface area contributed by atoms with Crippen molar-refractivity contribution in [1.29, 1.82) is 0 Å². The van der Waals surface area contributed by atoms with Gasteiger partial charge in [-0.05, 0) is 17.7 Å². The summed E-state index contributed by atoms with van der Waals surface area (Å²) in [7, 11) is 0. The minimum atomic E-state index is -0.418. The Balaban J connectivity index is 1.84. The van der Waals surface area contributed by atoms with Crippen molar-refractivity contribution < 1.29 is 14.7 Å². The van der Waals surface area contributed by atoms with Gasteiger partial charge in [0, 0.05) is 23.9 Å². The van der Waals surface area contributed by atoms with Crippen LogP contribution in [-0.2, 0) is 6.54 Å². The average molecular weight is 394 g/mol. The van der Waals surface area contributed by atoms with Crippen LogP contribution in [0.1, 0.15) is 33.3 Å². The topological polar surface area (TPSA) is 77.1 Å². The van der Waals surface area contributed by atoms with Crippen LogP contribution in [0.15, 0.2) is 61.1 Å². The monoisotopic (exact) mass is 393 g/mol. The number of hydrogen-bond acceptors (Lipinski definition) is 4. The molecule has 0 saturated heterocycles. The molecule has 1 N–H and O–H groups in total. The molecular weight excluding hydrogens is 378 g/mol. The first-order chi connectivity index (χ1) is 13.5. The van der Waals surface area contributed by atoms with E-state index in [4.69, 9.17) is 11.6 Å². The Bertz CT molecular complexity index is 1210. The Labute approximate surface area is 165 Å². The number of rotatable bonds is 4. The number of benzene rings is 2. The summed E-state index contributed by atoms with van der Waals surface area (Å²) >= 11 is 6.05. The van der Waals surface area contributed by atoms with Crippen molar-refractivity contribution in [1.82, 2.24) is 14.1 Å². The molecule has 7 heteroatoms. The van der Waals surface area contributed by atoms with Gasteiger partial charge in [0.25, 0.3) is 0 Å². The highest BCUT2D eigenvalue weighted by atomic mass is 35.5. The van der Waals surface area contributed by atoms with Crippen LogP contribution in [-0.4, -0.2) is 30.9 Å². The smallest absolute Gasteiger partial charge is 0.230 e. The highest BCUT2D eigenvalue weighted by Crippen LogP contribution is 2.34. The SMILES string of the molecule is CC(=O)n1c(O)c(C(=O)c2cncn2Cc2ccccc2)c2ccc(Cl)cc21.